The lowest BCUT2D eigenvalue weighted by molar-refractivity contribution is -0.114. The summed E-state index contributed by atoms with van der Waals surface area (Å²) in [6.07, 6.45) is 6.10. The maximum Gasteiger partial charge on any atom is 0.244 e. The van der Waals surface area contributed by atoms with Crippen LogP contribution in [0.2, 0.25) is 0 Å². The van der Waals surface area contributed by atoms with E-state index < -0.39 is 0 Å². The van der Waals surface area contributed by atoms with Crippen LogP contribution in [0.5, 0.6) is 0 Å². The average Bonchev–Trinajstić information content (AvgIpc) is 1.89. The molecule has 0 aromatic heterocycles. The molecular formula is C8H13NO. The van der Waals surface area contributed by atoms with Crippen molar-refractivity contribution >= 4 is 5.91 Å². The number of rotatable bonds is 3. The number of primary amides is 1. The van der Waals surface area contributed by atoms with Crippen LogP contribution in [-0.4, -0.2) is 5.91 Å². The summed E-state index contributed by atoms with van der Waals surface area (Å²) < 4.78 is 0. The minimum absolute atomic E-state index is 0.333. The highest BCUT2D eigenvalue weighted by atomic mass is 16.1. The number of nitrogens with two attached hydrogens (primary N) is 1. The van der Waals surface area contributed by atoms with Gasteiger partial charge in [0.05, 0.1) is 0 Å². The van der Waals surface area contributed by atoms with Crippen molar-refractivity contribution in [1.82, 2.24) is 0 Å². The third-order valence-electron chi connectivity index (χ3n) is 1.19. The summed E-state index contributed by atoms with van der Waals surface area (Å²) in [7, 11) is 0. The standard InChI is InChI=1S/C8H13NO/c1-3-5-6-7(4-2)8(9)10/h3,5-6H,4H2,1-2H3,(H2,9,10). The highest BCUT2D eigenvalue weighted by Crippen LogP contribution is 1.98. The molecule has 1 amide bonds. The first-order valence-corrected chi connectivity index (χ1v) is 3.34. The first-order chi connectivity index (χ1) is 4.72. The summed E-state index contributed by atoms with van der Waals surface area (Å²) in [6.45, 7) is 3.80. The van der Waals surface area contributed by atoms with Gasteiger partial charge in [-0.3, -0.25) is 4.79 Å². The van der Waals surface area contributed by atoms with E-state index in [1.54, 1.807) is 6.08 Å². The van der Waals surface area contributed by atoms with Crippen LogP contribution in [-0.2, 0) is 4.79 Å². The monoisotopic (exact) mass is 139 g/mol. The number of hydrogen-bond donors (Lipinski definition) is 1. The van der Waals surface area contributed by atoms with Gasteiger partial charge in [0.2, 0.25) is 5.91 Å². The smallest absolute Gasteiger partial charge is 0.244 e. The molecule has 0 radical (unpaired) electrons. The molecule has 0 saturated carbocycles. The molecule has 0 bridgehead atoms. The Balaban J connectivity index is 4.18. The van der Waals surface area contributed by atoms with E-state index in [1.807, 2.05) is 26.0 Å². The van der Waals surface area contributed by atoms with Crippen LogP contribution in [0.15, 0.2) is 23.8 Å². The Kier molecular flexibility index (Phi) is 4.29. The minimum Gasteiger partial charge on any atom is -0.366 e. The Labute approximate surface area is 61.4 Å². The number of allylic oxidation sites excluding steroid dienone is 3. The fourth-order valence-corrected chi connectivity index (χ4v) is 0.587. The summed E-state index contributed by atoms with van der Waals surface area (Å²) in [5.41, 5.74) is 5.71. The van der Waals surface area contributed by atoms with Gasteiger partial charge in [-0.25, -0.2) is 0 Å². The maximum atomic E-state index is 10.6. The number of carbonyl (C=O) groups excluding carboxylic acids is 1. The van der Waals surface area contributed by atoms with E-state index in [9.17, 15) is 4.79 Å². The van der Waals surface area contributed by atoms with Crippen molar-refractivity contribution < 1.29 is 4.79 Å². The van der Waals surface area contributed by atoms with Gasteiger partial charge < -0.3 is 5.73 Å². The zero-order valence-electron chi connectivity index (χ0n) is 6.42. The lowest BCUT2D eigenvalue weighted by Gasteiger charge is -1.93. The van der Waals surface area contributed by atoms with Crippen LogP contribution >= 0.6 is 0 Å². The second-order valence-electron chi connectivity index (χ2n) is 1.94. The normalized spacial score (nSPS) is 12.4. The first kappa shape index (κ1) is 8.95. The Morgan fingerprint density at radius 1 is 1.60 bits per heavy atom. The van der Waals surface area contributed by atoms with Gasteiger partial charge in [0.1, 0.15) is 0 Å². The van der Waals surface area contributed by atoms with Crippen molar-refractivity contribution in [3.63, 3.8) is 0 Å². The molecule has 0 atom stereocenters. The van der Waals surface area contributed by atoms with Crippen LogP contribution in [0.4, 0.5) is 0 Å². The van der Waals surface area contributed by atoms with Crippen molar-refractivity contribution in [2.24, 2.45) is 5.73 Å². The fraction of sp³-hybridized carbons (Fsp3) is 0.375. The second-order valence-corrected chi connectivity index (χ2v) is 1.94. The van der Waals surface area contributed by atoms with Crippen molar-refractivity contribution in [2.75, 3.05) is 0 Å². The third kappa shape index (κ3) is 3.07. The molecule has 0 rings (SSSR count). The summed E-state index contributed by atoms with van der Waals surface area (Å²) in [5.74, 6) is -0.333. The molecule has 0 spiro atoms. The van der Waals surface area contributed by atoms with E-state index in [0.29, 0.717) is 12.0 Å². The molecule has 0 aliphatic carbocycles. The van der Waals surface area contributed by atoms with E-state index in [0.717, 1.165) is 0 Å². The number of amides is 1. The summed E-state index contributed by atoms with van der Waals surface area (Å²) in [5, 5.41) is 0. The second kappa shape index (κ2) is 4.79. The summed E-state index contributed by atoms with van der Waals surface area (Å²) in [6, 6.07) is 0. The lowest BCUT2D eigenvalue weighted by Crippen LogP contribution is -2.12. The molecular weight excluding hydrogens is 126 g/mol. The van der Waals surface area contributed by atoms with Gasteiger partial charge in [-0.05, 0) is 13.3 Å². The van der Waals surface area contributed by atoms with E-state index in [4.69, 9.17) is 5.73 Å². The molecule has 0 unspecified atom stereocenters. The SMILES string of the molecule is CC=CC=C(CC)C(N)=O. The van der Waals surface area contributed by atoms with Crippen molar-refractivity contribution in [3.05, 3.63) is 23.8 Å². The van der Waals surface area contributed by atoms with Gasteiger partial charge in [0, 0.05) is 5.57 Å². The third-order valence-corrected chi connectivity index (χ3v) is 1.19. The Bertz CT molecular complexity index is 168. The first-order valence-electron chi connectivity index (χ1n) is 3.34. The molecule has 10 heavy (non-hydrogen) atoms. The van der Waals surface area contributed by atoms with Gasteiger partial charge in [0.15, 0.2) is 0 Å². The van der Waals surface area contributed by atoms with Crippen molar-refractivity contribution in [2.45, 2.75) is 20.3 Å². The zero-order chi connectivity index (χ0) is 7.98. The van der Waals surface area contributed by atoms with Gasteiger partial charge in [0.25, 0.3) is 0 Å². The van der Waals surface area contributed by atoms with Crippen LogP contribution in [0.25, 0.3) is 0 Å². The lowest BCUT2D eigenvalue weighted by atomic mass is 10.2. The summed E-state index contributed by atoms with van der Waals surface area (Å²) in [4.78, 5) is 10.6. The Morgan fingerprint density at radius 3 is 2.50 bits per heavy atom. The Hall–Kier alpha value is -1.05. The molecule has 0 aromatic rings. The molecule has 56 valence electrons. The highest BCUT2D eigenvalue weighted by molar-refractivity contribution is 5.92. The van der Waals surface area contributed by atoms with Crippen LogP contribution in [0, 0.1) is 0 Å². The van der Waals surface area contributed by atoms with Gasteiger partial charge in [-0.2, -0.15) is 0 Å². The molecule has 2 nitrogen and oxygen atoms in total. The largest absolute Gasteiger partial charge is 0.366 e. The van der Waals surface area contributed by atoms with Crippen LogP contribution in [0.1, 0.15) is 20.3 Å². The van der Waals surface area contributed by atoms with Crippen molar-refractivity contribution in [3.8, 4) is 0 Å². The molecule has 0 heterocycles. The van der Waals surface area contributed by atoms with Crippen molar-refractivity contribution in [1.29, 1.82) is 0 Å². The van der Waals surface area contributed by atoms with E-state index in [2.05, 4.69) is 0 Å². The maximum absolute atomic E-state index is 10.6. The summed E-state index contributed by atoms with van der Waals surface area (Å²) >= 11 is 0. The van der Waals surface area contributed by atoms with E-state index in [-0.39, 0.29) is 5.91 Å². The molecule has 0 saturated heterocycles. The van der Waals surface area contributed by atoms with E-state index >= 15 is 0 Å². The molecule has 0 fully saturated rings. The quantitative estimate of drug-likeness (QED) is 0.466. The predicted octanol–water partition coefficient (Wildman–Crippen LogP) is 1.38. The topological polar surface area (TPSA) is 43.1 Å². The fourth-order valence-electron chi connectivity index (χ4n) is 0.587. The van der Waals surface area contributed by atoms with Gasteiger partial charge in [-0.1, -0.05) is 25.2 Å². The molecule has 0 aliphatic heterocycles. The zero-order valence-corrected chi connectivity index (χ0v) is 6.42. The Morgan fingerprint density at radius 2 is 2.20 bits per heavy atom. The molecule has 0 aliphatic rings. The highest BCUT2D eigenvalue weighted by Gasteiger charge is 1.97. The molecule has 2 N–H and O–H groups in total. The average molecular weight is 139 g/mol. The van der Waals surface area contributed by atoms with E-state index in [1.165, 1.54) is 0 Å². The van der Waals surface area contributed by atoms with Gasteiger partial charge in [-0.15, -0.1) is 0 Å². The minimum atomic E-state index is -0.333. The van der Waals surface area contributed by atoms with Crippen LogP contribution in [0.3, 0.4) is 0 Å². The predicted molar refractivity (Wildman–Crippen MR) is 42.4 cm³/mol. The molecule has 2 heteroatoms. The number of hydrogen-bond acceptors (Lipinski definition) is 1. The number of carbonyl (C=O) groups is 1. The van der Waals surface area contributed by atoms with Crippen LogP contribution < -0.4 is 5.73 Å². The molecule has 0 aromatic carbocycles. The van der Waals surface area contributed by atoms with Gasteiger partial charge >= 0.3 is 0 Å².